The van der Waals surface area contributed by atoms with E-state index in [0.29, 0.717) is 0 Å². The van der Waals surface area contributed by atoms with Gasteiger partial charge in [0, 0.05) is 15.9 Å². The molecule has 0 bridgehead atoms. The summed E-state index contributed by atoms with van der Waals surface area (Å²) in [5, 5.41) is -4.19. The van der Waals surface area contributed by atoms with Gasteiger partial charge in [0.25, 0.3) is 0 Å². The Balaban J connectivity index is 0. The third-order valence-electron chi connectivity index (χ3n) is 1.58. The van der Waals surface area contributed by atoms with E-state index in [0.717, 1.165) is 0 Å². The van der Waals surface area contributed by atoms with E-state index in [2.05, 4.69) is 23.2 Å². The first kappa shape index (κ1) is 24.4. The van der Waals surface area contributed by atoms with E-state index >= 15 is 0 Å². The minimum absolute atomic E-state index is 1.38. The van der Waals surface area contributed by atoms with Crippen molar-refractivity contribution >= 4 is 39.1 Å². The van der Waals surface area contributed by atoms with Gasteiger partial charge in [-0.3, -0.25) is 0 Å². The van der Waals surface area contributed by atoms with Gasteiger partial charge in [-0.15, -0.1) is 0 Å². The van der Waals surface area contributed by atoms with Gasteiger partial charge >= 0.3 is 33.6 Å². The van der Waals surface area contributed by atoms with Gasteiger partial charge < -0.3 is 0 Å². The summed E-state index contributed by atoms with van der Waals surface area (Å²) >= 11 is 9.30. The van der Waals surface area contributed by atoms with Crippen molar-refractivity contribution in [3.05, 3.63) is 0 Å². The first-order chi connectivity index (χ1) is 9.00. The molecule has 0 heterocycles. The summed E-state index contributed by atoms with van der Waals surface area (Å²) in [4.78, 5) is -3.56. The van der Waals surface area contributed by atoms with Crippen LogP contribution < -0.4 is 0 Å². The lowest BCUT2D eigenvalue weighted by Gasteiger charge is -2.49. The van der Waals surface area contributed by atoms with Gasteiger partial charge in [-0.1, -0.05) is 0 Å². The Morgan fingerprint density at radius 1 is 0.545 bits per heavy atom. The topological polar surface area (TPSA) is 0 Å². The quantitative estimate of drug-likeness (QED) is 0.282. The van der Waals surface area contributed by atoms with E-state index in [1.165, 1.54) is 15.9 Å². The number of alkyl halides is 16. The molecule has 1 saturated carbocycles. The van der Waals surface area contributed by atoms with Gasteiger partial charge in [0.15, 0.2) is 0 Å². The van der Waals surface area contributed by atoms with Gasteiger partial charge in [0.2, 0.25) is 0 Å². The molecule has 0 amide bonds. The zero-order chi connectivity index (χ0) is 19.0. The third kappa shape index (κ3) is 5.65. The average molecular weight is 470 g/mol. The Morgan fingerprint density at radius 2 is 0.591 bits per heavy atom. The van der Waals surface area contributed by atoms with Crippen LogP contribution >= 0.6 is 39.1 Å². The second-order valence-electron chi connectivity index (χ2n) is 3.15. The fourth-order valence-corrected chi connectivity index (χ4v) is 0.726. The molecule has 0 aromatic rings. The van der Waals surface area contributed by atoms with E-state index in [1.807, 2.05) is 0 Å². The fraction of sp³-hybridized carbons (Fsp3) is 1.00. The molecule has 0 N–H and O–H groups in total. The molecule has 0 aromatic carbocycles. The molecule has 0 aromatic heterocycles. The van der Waals surface area contributed by atoms with Crippen LogP contribution in [0.1, 0.15) is 0 Å². The summed E-state index contributed by atoms with van der Waals surface area (Å²) in [5.74, 6) is -23.9. The first-order valence-corrected chi connectivity index (χ1v) is 5.57. The van der Waals surface area contributed by atoms with Crippen LogP contribution in [-0.4, -0.2) is 33.6 Å². The Hall–Kier alpha value is 0.150. The zero-order valence-corrected chi connectivity index (χ0v) is 12.1. The van der Waals surface area contributed by atoms with Crippen molar-refractivity contribution in [2.24, 2.45) is 0 Å². The minimum atomic E-state index is -5.97. The van der Waals surface area contributed by atoms with Crippen molar-refractivity contribution < 1.29 is 57.1 Å². The van der Waals surface area contributed by atoms with Gasteiger partial charge in [0.1, 0.15) is 0 Å². The zero-order valence-electron chi connectivity index (χ0n) is 9.05. The number of hydrogen-bond donors (Lipinski definition) is 0. The van der Waals surface area contributed by atoms with Crippen molar-refractivity contribution in [3.63, 3.8) is 0 Å². The first-order valence-electron chi connectivity index (χ1n) is 4.02. The smallest absolute Gasteiger partial charge is 0.192 e. The van der Waals surface area contributed by atoms with Crippen molar-refractivity contribution in [3.8, 4) is 0 Å². The number of rotatable bonds is 0. The molecular weight excluding hydrogens is 470 g/mol. The van der Waals surface area contributed by atoms with Crippen LogP contribution in [0.3, 0.4) is 0 Å². The molecule has 1 rings (SSSR count). The van der Waals surface area contributed by atoms with E-state index in [1.54, 1.807) is 0 Å². The van der Waals surface area contributed by atoms with Gasteiger partial charge in [-0.05, 0) is 23.2 Å². The van der Waals surface area contributed by atoms with E-state index < -0.39 is 33.6 Å². The highest BCUT2D eigenvalue weighted by atomic mass is 79.9. The minimum Gasteiger partial charge on any atom is -0.192 e. The highest BCUT2D eigenvalue weighted by Crippen LogP contribution is 2.69. The van der Waals surface area contributed by atoms with Crippen molar-refractivity contribution in [2.75, 3.05) is 0 Å². The number of halogens is 16. The molecule has 1 aliphatic rings. The predicted octanol–water partition coefficient (Wildman–Crippen LogP) is 6.46. The molecule has 1 fully saturated rings. The Morgan fingerprint density at radius 3 is 0.636 bits per heavy atom. The molecule has 0 radical (unpaired) electrons. The summed E-state index contributed by atoms with van der Waals surface area (Å²) < 4.78 is 145. The summed E-state index contributed by atoms with van der Waals surface area (Å²) in [6.07, 6.45) is 0. The second-order valence-corrected chi connectivity index (χ2v) is 5.20. The maximum absolute atomic E-state index is 11.6. The maximum Gasteiger partial charge on any atom is 0.448 e. The summed E-state index contributed by atoms with van der Waals surface area (Å²) in [6, 6.07) is 0. The maximum atomic E-state index is 11.6. The molecule has 1 aliphatic carbocycles. The van der Waals surface area contributed by atoms with Crippen LogP contribution in [0.2, 0.25) is 0 Å². The van der Waals surface area contributed by atoms with Crippen LogP contribution in [0, 0.1) is 0 Å². The van der Waals surface area contributed by atoms with Crippen molar-refractivity contribution in [1.82, 2.24) is 0 Å². The average Bonchev–Trinajstić information content (AvgIpc) is 2.09. The molecule has 0 saturated heterocycles. The molecule has 136 valence electrons. The molecule has 16 heteroatoms. The molecule has 0 nitrogen and oxygen atoms in total. The van der Waals surface area contributed by atoms with Crippen molar-refractivity contribution in [2.45, 2.75) is 33.6 Å². The van der Waals surface area contributed by atoms with Gasteiger partial charge in [-0.2, -0.15) is 57.1 Å². The lowest BCUT2D eigenvalue weighted by molar-refractivity contribution is -0.506. The van der Waals surface area contributed by atoms with Gasteiger partial charge in [-0.25, -0.2) is 0 Å². The Kier molecular flexibility index (Phi) is 7.29. The highest BCUT2D eigenvalue weighted by Gasteiger charge is 3.01. The Bertz CT molecular complexity index is 282. The molecule has 0 aliphatic heterocycles. The van der Waals surface area contributed by atoms with E-state index in [-0.39, 0.29) is 0 Å². The Labute approximate surface area is 130 Å². The van der Waals surface area contributed by atoms with Crippen molar-refractivity contribution in [1.29, 1.82) is 0 Å². The summed E-state index contributed by atoms with van der Waals surface area (Å²) in [7, 11) is 0. The molecule has 0 atom stereocenters. The molecular formula is C6BrCl2F13. The summed E-state index contributed by atoms with van der Waals surface area (Å²) in [5.41, 5.74) is 0. The normalized spacial score (nSPS) is 24.0. The van der Waals surface area contributed by atoms with Crippen LogP contribution in [0.4, 0.5) is 57.1 Å². The SMILES string of the molecule is FC(F)(Cl)Cl.FC(F)(F)Br.FC1(F)C(F)(F)C(F)(F)C1(F)F. The summed E-state index contributed by atoms with van der Waals surface area (Å²) in [6.45, 7) is 0. The second kappa shape index (κ2) is 6.57. The predicted molar refractivity (Wildman–Crippen MR) is 51.4 cm³/mol. The largest absolute Gasteiger partial charge is 0.448 e. The molecule has 0 spiro atoms. The molecule has 0 unspecified atom stereocenters. The lowest BCUT2D eigenvalue weighted by atomic mass is 9.80. The molecule has 22 heavy (non-hydrogen) atoms. The van der Waals surface area contributed by atoms with Crippen LogP contribution in [0.15, 0.2) is 0 Å². The van der Waals surface area contributed by atoms with Gasteiger partial charge in [0.05, 0.1) is 0 Å². The monoisotopic (exact) mass is 468 g/mol. The standard InChI is InChI=1S/C4F8.CBrF3.CCl2F2/c5-1(6)2(7,8)4(11,12)3(1,9)10;2*2-1(3,4)5. The third-order valence-corrected chi connectivity index (χ3v) is 1.58. The highest BCUT2D eigenvalue weighted by molar-refractivity contribution is 9.09. The lowest BCUT2D eigenvalue weighted by Crippen LogP contribution is -2.82. The van der Waals surface area contributed by atoms with Crippen LogP contribution in [-0.2, 0) is 0 Å². The van der Waals surface area contributed by atoms with Crippen LogP contribution in [0.5, 0.6) is 0 Å². The number of hydrogen-bond acceptors (Lipinski definition) is 0. The van der Waals surface area contributed by atoms with Crippen LogP contribution in [0.25, 0.3) is 0 Å². The van der Waals surface area contributed by atoms with E-state index in [4.69, 9.17) is 0 Å². The van der Waals surface area contributed by atoms with E-state index in [9.17, 15) is 57.1 Å². The fourth-order valence-electron chi connectivity index (χ4n) is 0.726.